The lowest BCUT2D eigenvalue weighted by molar-refractivity contribution is 0.425. The zero-order chi connectivity index (χ0) is 11.1. The van der Waals surface area contributed by atoms with Crippen molar-refractivity contribution in [1.29, 1.82) is 0 Å². The van der Waals surface area contributed by atoms with Crippen molar-refractivity contribution < 1.29 is 8.78 Å². The SMILES string of the molecule is Cc1cc(C2(C)CCCN2)cc(F)c1F. The standard InChI is InChI=1S/C12H15F2N/c1-8-6-9(7-10(13)11(8)14)12(2)4-3-5-15-12/h6-7,15H,3-5H2,1-2H3. The molecule has 1 N–H and O–H groups in total. The van der Waals surface area contributed by atoms with Gasteiger partial charge in [-0.25, -0.2) is 8.78 Å². The topological polar surface area (TPSA) is 12.0 Å². The van der Waals surface area contributed by atoms with Crippen LogP contribution in [0.1, 0.15) is 30.9 Å². The molecule has 1 aliphatic heterocycles. The minimum absolute atomic E-state index is 0.195. The Bertz CT molecular complexity index is 358. The number of rotatable bonds is 1. The molecule has 1 saturated heterocycles. The average molecular weight is 211 g/mol. The zero-order valence-electron chi connectivity index (χ0n) is 9.03. The molecule has 82 valence electrons. The molecule has 1 atom stereocenters. The molecule has 0 aromatic heterocycles. The number of hydrogen-bond donors (Lipinski definition) is 1. The number of hydrogen-bond acceptors (Lipinski definition) is 1. The van der Waals surface area contributed by atoms with Gasteiger partial charge in [0.25, 0.3) is 0 Å². The summed E-state index contributed by atoms with van der Waals surface area (Å²) in [6.07, 6.45) is 2.05. The van der Waals surface area contributed by atoms with E-state index in [1.165, 1.54) is 6.07 Å². The third-order valence-corrected chi connectivity index (χ3v) is 3.22. The molecule has 0 radical (unpaired) electrons. The van der Waals surface area contributed by atoms with Crippen LogP contribution in [-0.2, 0) is 5.54 Å². The molecule has 0 spiro atoms. The summed E-state index contributed by atoms with van der Waals surface area (Å²) < 4.78 is 26.4. The van der Waals surface area contributed by atoms with Crippen LogP contribution in [0.4, 0.5) is 8.78 Å². The minimum atomic E-state index is -0.750. The van der Waals surface area contributed by atoms with Crippen LogP contribution >= 0.6 is 0 Å². The molecule has 1 aromatic carbocycles. The van der Waals surface area contributed by atoms with Gasteiger partial charge < -0.3 is 5.32 Å². The van der Waals surface area contributed by atoms with E-state index in [2.05, 4.69) is 5.32 Å². The van der Waals surface area contributed by atoms with Gasteiger partial charge in [0.15, 0.2) is 11.6 Å². The Hall–Kier alpha value is -0.960. The summed E-state index contributed by atoms with van der Waals surface area (Å²) in [6.45, 7) is 4.57. The van der Waals surface area contributed by atoms with Gasteiger partial charge in [0.1, 0.15) is 0 Å². The third kappa shape index (κ3) is 1.76. The maximum absolute atomic E-state index is 13.3. The highest BCUT2D eigenvalue weighted by Gasteiger charge is 2.30. The summed E-state index contributed by atoms with van der Waals surface area (Å²) in [5.74, 6) is -1.49. The van der Waals surface area contributed by atoms with E-state index < -0.39 is 11.6 Å². The quantitative estimate of drug-likeness (QED) is 0.753. The molecule has 0 bridgehead atoms. The van der Waals surface area contributed by atoms with E-state index in [1.807, 2.05) is 6.92 Å². The van der Waals surface area contributed by atoms with Gasteiger partial charge in [-0.2, -0.15) is 0 Å². The highest BCUT2D eigenvalue weighted by Crippen LogP contribution is 2.31. The summed E-state index contributed by atoms with van der Waals surface area (Å²) in [5, 5.41) is 3.33. The van der Waals surface area contributed by atoms with Gasteiger partial charge in [0.05, 0.1) is 0 Å². The largest absolute Gasteiger partial charge is 0.308 e. The number of benzene rings is 1. The van der Waals surface area contributed by atoms with E-state index in [0.29, 0.717) is 5.56 Å². The highest BCUT2D eigenvalue weighted by molar-refractivity contribution is 5.31. The van der Waals surface area contributed by atoms with Crippen molar-refractivity contribution in [2.75, 3.05) is 6.54 Å². The van der Waals surface area contributed by atoms with Crippen LogP contribution in [0.3, 0.4) is 0 Å². The first-order valence-electron chi connectivity index (χ1n) is 5.24. The first-order valence-corrected chi connectivity index (χ1v) is 5.24. The number of aryl methyl sites for hydroxylation is 1. The van der Waals surface area contributed by atoms with Crippen LogP contribution in [0.5, 0.6) is 0 Å². The lowest BCUT2D eigenvalue weighted by Crippen LogP contribution is -2.33. The molecule has 0 saturated carbocycles. The maximum Gasteiger partial charge on any atom is 0.161 e. The molecule has 1 unspecified atom stereocenters. The van der Waals surface area contributed by atoms with Crippen LogP contribution in [0.2, 0.25) is 0 Å². The van der Waals surface area contributed by atoms with Crippen LogP contribution in [-0.4, -0.2) is 6.54 Å². The molecule has 15 heavy (non-hydrogen) atoms. The molecule has 1 heterocycles. The van der Waals surface area contributed by atoms with Crippen molar-refractivity contribution in [1.82, 2.24) is 5.32 Å². The van der Waals surface area contributed by atoms with Crippen molar-refractivity contribution in [3.63, 3.8) is 0 Å². The van der Waals surface area contributed by atoms with Gasteiger partial charge in [0.2, 0.25) is 0 Å². The summed E-state index contributed by atoms with van der Waals surface area (Å²) in [7, 11) is 0. The second-order valence-corrected chi connectivity index (χ2v) is 4.45. The zero-order valence-corrected chi connectivity index (χ0v) is 9.03. The van der Waals surface area contributed by atoms with Gasteiger partial charge in [-0.05, 0) is 50.4 Å². The van der Waals surface area contributed by atoms with Crippen LogP contribution in [0.15, 0.2) is 12.1 Å². The molecule has 3 heteroatoms. The summed E-state index contributed by atoms with van der Waals surface area (Å²) in [6, 6.07) is 3.04. The normalized spacial score (nSPS) is 25.9. The van der Waals surface area contributed by atoms with Crippen LogP contribution < -0.4 is 5.32 Å². The Morgan fingerprint density at radius 1 is 1.33 bits per heavy atom. The molecule has 0 amide bonds. The van der Waals surface area contributed by atoms with Crippen LogP contribution in [0.25, 0.3) is 0 Å². The smallest absolute Gasteiger partial charge is 0.161 e. The van der Waals surface area contributed by atoms with Crippen molar-refractivity contribution >= 4 is 0 Å². The van der Waals surface area contributed by atoms with E-state index in [-0.39, 0.29) is 5.54 Å². The van der Waals surface area contributed by atoms with Gasteiger partial charge in [-0.1, -0.05) is 6.07 Å². The van der Waals surface area contributed by atoms with Gasteiger partial charge >= 0.3 is 0 Å². The fourth-order valence-electron chi connectivity index (χ4n) is 2.19. The van der Waals surface area contributed by atoms with E-state index in [9.17, 15) is 8.78 Å². The maximum atomic E-state index is 13.3. The first kappa shape index (κ1) is 10.6. The van der Waals surface area contributed by atoms with Crippen LogP contribution in [0, 0.1) is 18.6 Å². The summed E-state index contributed by atoms with van der Waals surface area (Å²) in [4.78, 5) is 0. The van der Waals surface area contributed by atoms with Gasteiger partial charge in [-0.3, -0.25) is 0 Å². The molecular formula is C12H15F2N. The molecule has 1 nitrogen and oxygen atoms in total. The predicted molar refractivity (Wildman–Crippen MR) is 55.7 cm³/mol. The second kappa shape index (κ2) is 3.56. The number of halogens is 2. The number of nitrogens with one attached hydrogen (secondary N) is 1. The van der Waals surface area contributed by atoms with E-state index in [1.54, 1.807) is 13.0 Å². The van der Waals surface area contributed by atoms with Gasteiger partial charge in [-0.15, -0.1) is 0 Å². The molecular weight excluding hydrogens is 196 g/mol. The van der Waals surface area contributed by atoms with Crippen molar-refractivity contribution in [3.8, 4) is 0 Å². The molecule has 1 aliphatic rings. The Morgan fingerprint density at radius 2 is 2.07 bits per heavy atom. The highest BCUT2D eigenvalue weighted by atomic mass is 19.2. The summed E-state index contributed by atoms with van der Waals surface area (Å²) in [5.41, 5.74) is 1.02. The monoisotopic (exact) mass is 211 g/mol. The Balaban J connectivity index is 2.45. The predicted octanol–water partition coefficient (Wildman–Crippen LogP) is 2.87. The van der Waals surface area contributed by atoms with E-state index in [0.717, 1.165) is 24.9 Å². The minimum Gasteiger partial charge on any atom is -0.308 e. The first-order chi connectivity index (χ1) is 7.03. The molecule has 0 aliphatic carbocycles. The van der Waals surface area contributed by atoms with Crippen molar-refractivity contribution in [3.05, 3.63) is 34.9 Å². The molecule has 1 aromatic rings. The Morgan fingerprint density at radius 3 is 2.60 bits per heavy atom. The lowest BCUT2D eigenvalue weighted by atomic mass is 9.89. The second-order valence-electron chi connectivity index (χ2n) is 4.45. The van der Waals surface area contributed by atoms with Crippen molar-refractivity contribution in [2.24, 2.45) is 0 Å². The lowest BCUT2D eigenvalue weighted by Gasteiger charge is -2.25. The van der Waals surface area contributed by atoms with E-state index >= 15 is 0 Å². The fraction of sp³-hybridized carbons (Fsp3) is 0.500. The third-order valence-electron chi connectivity index (χ3n) is 3.22. The summed E-state index contributed by atoms with van der Waals surface area (Å²) >= 11 is 0. The van der Waals surface area contributed by atoms with Crippen molar-refractivity contribution in [2.45, 2.75) is 32.2 Å². The average Bonchev–Trinajstić information content (AvgIpc) is 2.62. The Labute approximate surface area is 88.5 Å². The van der Waals surface area contributed by atoms with E-state index in [4.69, 9.17) is 0 Å². The van der Waals surface area contributed by atoms with Gasteiger partial charge in [0, 0.05) is 5.54 Å². The Kier molecular flexibility index (Phi) is 2.51. The molecule has 1 fully saturated rings. The fourth-order valence-corrected chi connectivity index (χ4v) is 2.19. The molecule has 2 rings (SSSR count).